The number of H-pyrrole nitrogens is 1. The monoisotopic (exact) mass is 329 g/mol. The van der Waals surface area contributed by atoms with Crippen LogP contribution in [0.2, 0.25) is 0 Å². The lowest BCUT2D eigenvalue weighted by Crippen LogP contribution is -2.21. The summed E-state index contributed by atoms with van der Waals surface area (Å²) in [6, 6.07) is 3.28. The molecule has 2 aromatic heterocycles. The van der Waals surface area contributed by atoms with E-state index in [2.05, 4.69) is 10.3 Å². The zero-order valence-corrected chi connectivity index (χ0v) is 13.4. The molecule has 2 heterocycles. The number of aryl methyl sites for hydroxylation is 1. The first kappa shape index (κ1) is 17.0. The van der Waals surface area contributed by atoms with Gasteiger partial charge in [-0.3, -0.25) is 14.9 Å². The number of furan rings is 1. The summed E-state index contributed by atoms with van der Waals surface area (Å²) in [6.45, 7) is 4.18. The molecule has 8 heteroatoms. The number of ether oxygens (including phenoxy) is 1. The van der Waals surface area contributed by atoms with Crippen molar-refractivity contribution >= 4 is 23.5 Å². The van der Waals surface area contributed by atoms with Crippen LogP contribution in [0.15, 0.2) is 16.7 Å². The van der Waals surface area contributed by atoms with Gasteiger partial charge in [0.2, 0.25) is 5.88 Å². The van der Waals surface area contributed by atoms with Crippen molar-refractivity contribution in [3.05, 3.63) is 40.4 Å². The van der Waals surface area contributed by atoms with Crippen LogP contribution in [0.4, 0.5) is 5.88 Å². The number of carbonyl (C=O) groups is 3. The van der Waals surface area contributed by atoms with Crippen LogP contribution in [0, 0.1) is 25.2 Å². The highest BCUT2D eigenvalue weighted by atomic mass is 16.5. The maximum absolute atomic E-state index is 11.8. The Bertz CT molecular complexity index is 854. The SMILES string of the molecule is CC(=O)c1c[nH]c(C(=O)OCC(=O)Nc2oc(C)c(C)c2C#N)c1. The molecule has 24 heavy (non-hydrogen) atoms. The number of nitrogens with one attached hydrogen (secondary N) is 2. The zero-order valence-electron chi connectivity index (χ0n) is 13.4. The van der Waals surface area contributed by atoms with E-state index in [1.165, 1.54) is 19.2 Å². The van der Waals surface area contributed by atoms with Gasteiger partial charge in [0.25, 0.3) is 5.91 Å². The smallest absolute Gasteiger partial charge is 0.355 e. The molecule has 0 aliphatic heterocycles. The van der Waals surface area contributed by atoms with Crippen molar-refractivity contribution in [3.63, 3.8) is 0 Å². The number of carbonyl (C=O) groups excluding carboxylic acids is 3. The van der Waals surface area contributed by atoms with Crippen LogP contribution in [0.25, 0.3) is 0 Å². The van der Waals surface area contributed by atoms with E-state index in [0.717, 1.165) is 0 Å². The number of anilines is 1. The van der Waals surface area contributed by atoms with E-state index >= 15 is 0 Å². The molecule has 0 aromatic carbocycles. The zero-order chi connectivity index (χ0) is 17.9. The molecule has 0 aliphatic carbocycles. The average molecular weight is 329 g/mol. The van der Waals surface area contributed by atoms with E-state index in [4.69, 9.17) is 14.4 Å². The average Bonchev–Trinajstić information content (AvgIpc) is 3.11. The van der Waals surface area contributed by atoms with Gasteiger partial charge in [-0.1, -0.05) is 0 Å². The first-order chi connectivity index (χ1) is 11.3. The van der Waals surface area contributed by atoms with Gasteiger partial charge in [0.1, 0.15) is 23.1 Å². The van der Waals surface area contributed by atoms with Gasteiger partial charge >= 0.3 is 5.97 Å². The largest absolute Gasteiger partial charge is 0.451 e. The summed E-state index contributed by atoms with van der Waals surface area (Å²) >= 11 is 0. The molecule has 0 unspecified atom stereocenters. The Morgan fingerprint density at radius 2 is 2.08 bits per heavy atom. The maximum Gasteiger partial charge on any atom is 0.355 e. The number of ketones is 1. The second kappa shape index (κ2) is 6.83. The van der Waals surface area contributed by atoms with E-state index in [-0.39, 0.29) is 22.9 Å². The first-order valence-corrected chi connectivity index (χ1v) is 7.00. The van der Waals surface area contributed by atoms with Crippen molar-refractivity contribution in [2.24, 2.45) is 0 Å². The Labute approximate surface area is 137 Å². The van der Waals surface area contributed by atoms with Crippen molar-refractivity contribution in [2.45, 2.75) is 20.8 Å². The molecule has 0 saturated carbocycles. The van der Waals surface area contributed by atoms with Gasteiger partial charge in [-0.15, -0.1) is 0 Å². The lowest BCUT2D eigenvalue weighted by Gasteiger charge is -2.04. The molecule has 2 aromatic rings. The standard InChI is InChI=1S/C16H15N3O5/c1-8-10(3)24-15(12(8)5-17)19-14(21)7-23-16(22)13-4-11(6-18-13)9(2)20/h4,6,18H,7H2,1-3H3,(H,19,21). The molecule has 0 bridgehead atoms. The molecule has 0 radical (unpaired) electrons. The second-order valence-electron chi connectivity index (χ2n) is 5.08. The van der Waals surface area contributed by atoms with Gasteiger partial charge in [-0.05, 0) is 26.8 Å². The molecule has 1 amide bonds. The Morgan fingerprint density at radius 3 is 2.67 bits per heavy atom. The van der Waals surface area contributed by atoms with Gasteiger partial charge < -0.3 is 14.1 Å². The van der Waals surface area contributed by atoms with Crippen LogP contribution in [0.1, 0.15) is 44.7 Å². The quantitative estimate of drug-likeness (QED) is 0.639. The normalized spacial score (nSPS) is 10.1. The Morgan fingerprint density at radius 1 is 1.38 bits per heavy atom. The van der Waals surface area contributed by atoms with Gasteiger partial charge in [-0.25, -0.2) is 4.79 Å². The number of esters is 1. The molecule has 2 rings (SSSR count). The number of Topliss-reactive ketones (excluding diaryl/α,β-unsaturated/α-hetero) is 1. The summed E-state index contributed by atoms with van der Waals surface area (Å²) in [5.41, 5.74) is 1.26. The third kappa shape index (κ3) is 3.52. The van der Waals surface area contributed by atoms with Gasteiger partial charge in [0.15, 0.2) is 12.4 Å². The molecule has 0 saturated heterocycles. The van der Waals surface area contributed by atoms with Crippen molar-refractivity contribution < 1.29 is 23.5 Å². The second-order valence-corrected chi connectivity index (χ2v) is 5.08. The molecule has 0 aliphatic rings. The molecule has 2 N–H and O–H groups in total. The molecule has 124 valence electrons. The minimum atomic E-state index is -0.773. The van der Waals surface area contributed by atoms with Crippen molar-refractivity contribution in [1.29, 1.82) is 5.26 Å². The third-order valence-corrected chi connectivity index (χ3v) is 3.39. The highest BCUT2D eigenvalue weighted by Crippen LogP contribution is 2.25. The Hall–Kier alpha value is -3.34. The van der Waals surface area contributed by atoms with Gasteiger partial charge in [0, 0.05) is 17.3 Å². The van der Waals surface area contributed by atoms with E-state index in [0.29, 0.717) is 16.9 Å². The van der Waals surface area contributed by atoms with E-state index in [9.17, 15) is 14.4 Å². The van der Waals surface area contributed by atoms with Crippen molar-refractivity contribution in [1.82, 2.24) is 4.98 Å². The van der Waals surface area contributed by atoms with E-state index in [1.807, 2.05) is 6.07 Å². The number of aromatic amines is 1. The minimum absolute atomic E-state index is 0.0206. The number of nitrogens with zero attached hydrogens (tertiary/aromatic N) is 1. The topological polar surface area (TPSA) is 125 Å². The van der Waals surface area contributed by atoms with Crippen LogP contribution < -0.4 is 5.32 Å². The summed E-state index contributed by atoms with van der Waals surface area (Å²) in [4.78, 5) is 37.4. The lowest BCUT2D eigenvalue weighted by atomic mass is 10.2. The molecule has 0 fully saturated rings. The number of rotatable bonds is 5. The van der Waals surface area contributed by atoms with Crippen LogP contribution in [-0.4, -0.2) is 29.3 Å². The van der Waals surface area contributed by atoms with Gasteiger partial charge in [0.05, 0.1) is 0 Å². The fourth-order valence-electron chi connectivity index (χ4n) is 1.94. The number of aromatic nitrogens is 1. The number of nitriles is 1. The number of hydrogen-bond acceptors (Lipinski definition) is 6. The van der Waals surface area contributed by atoms with E-state index in [1.54, 1.807) is 13.8 Å². The summed E-state index contributed by atoms with van der Waals surface area (Å²) in [5.74, 6) is -1.08. The van der Waals surface area contributed by atoms with Crippen LogP contribution in [-0.2, 0) is 9.53 Å². The Balaban J connectivity index is 1.96. The van der Waals surface area contributed by atoms with Crippen LogP contribution in [0.5, 0.6) is 0 Å². The molecular weight excluding hydrogens is 314 g/mol. The van der Waals surface area contributed by atoms with Crippen molar-refractivity contribution in [2.75, 3.05) is 11.9 Å². The molecule has 0 atom stereocenters. The highest BCUT2D eigenvalue weighted by Gasteiger charge is 2.18. The first-order valence-electron chi connectivity index (χ1n) is 7.00. The highest BCUT2D eigenvalue weighted by molar-refractivity contribution is 5.98. The molecule has 8 nitrogen and oxygen atoms in total. The molecule has 0 spiro atoms. The Kier molecular flexibility index (Phi) is 4.84. The predicted molar refractivity (Wildman–Crippen MR) is 82.6 cm³/mol. The molecular formula is C16H15N3O5. The lowest BCUT2D eigenvalue weighted by molar-refractivity contribution is -0.119. The summed E-state index contributed by atoms with van der Waals surface area (Å²) < 4.78 is 10.1. The summed E-state index contributed by atoms with van der Waals surface area (Å²) in [5, 5.41) is 11.4. The number of hydrogen-bond donors (Lipinski definition) is 2. The summed E-state index contributed by atoms with van der Waals surface area (Å²) in [7, 11) is 0. The van der Waals surface area contributed by atoms with Crippen LogP contribution in [0.3, 0.4) is 0 Å². The fourth-order valence-corrected chi connectivity index (χ4v) is 1.94. The predicted octanol–water partition coefficient (Wildman–Crippen LogP) is 2.09. The summed E-state index contributed by atoms with van der Waals surface area (Å²) in [6.07, 6.45) is 1.38. The third-order valence-electron chi connectivity index (χ3n) is 3.39. The fraction of sp³-hybridized carbons (Fsp3) is 0.250. The number of amides is 1. The van der Waals surface area contributed by atoms with Crippen LogP contribution >= 0.6 is 0 Å². The van der Waals surface area contributed by atoms with Crippen molar-refractivity contribution in [3.8, 4) is 6.07 Å². The maximum atomic E-state index is 11.8. The van der Waals surface area contributed by atoms with Gasteiger partial charge in [-0.2, -0.15) is 5.26 Å². The van der Waals surface area contributed by atoms with E-state index < -0.39 is 18.5 Å². The minimum Gasteiger partial charge on any atom is -0.451 e.